The molecule has 0 aromatic rings. The zero-order chi connectivity index (χ0) is 6.81. The van der Waals surface area contributed by atoms with E-state index in [1.165, 1.54) is 51.4 Å². The van der Waals surface area contributed by atoms with Crippen molar-refractivity contribution < 1.29 is 0 Å². The van der Waals surface area contributed by atoms with E-state index in [0.29, 0.717) is 0 Å². The molecule has 2 aliphatic carbocycles. The van der Waals surface area contributed by atoms with Crippen LogP contribution >= 0.6 is 0 Å². The van der Waals surface area contributed by atoms with Gasteiger partial charge in [0.15, 0.2) is 0 Å². The lowest BCUT2D eigenvalue weighted by molar-refractivity contribution is 0.286. The summed E-state index contributed by atoms with van der Waals surface area (Å²) in [6, 6.07) is 0. The molecular formula is C10H17. The summed E-state index contributed by atoms with van der Waals surface area (Å²) in [4.78, 5) is 0. The largest absolute Gasteiger partial charge is 0.0533 e. The van der Waals surface area contributed by atoms with Crippen molar-refractivity contribution in [1.82, 2.24) is 0 Å². The molecular weight excluding hydrogens is 120 g/mol. The summed E-state index contributed by atoms with van der Waals surface area (Å²) in [7, 11) is 0. The van der Waals surface area contributed by atoms with Crippen molar-refractivity contribution in [2.75, 3.05) is 0 Å². The molecule has 0 N–H and O–H groups in total. The average molecular weight is 137 g/mol. The first-order valence-corrected chi connectivity index (χ1v) is 4.81. The van der Waals surface area contributed by atoms with E-state index in [4.69, 9.17) is 0 Å². The Kier molecular flexibility index (Phi) is 1.97. The number of hydrogen-bond acceptors (Lipinski definition) is 0. The number of rotatable bonds is 1. The SMILES string of the molecule is C1CC[C](C2CCC2)CC1. The third-order valence-electron chi connectivity index (χ3n) is 3.18. The first kappa shape index (κ1) is 6.69. The van der Waals surface area contributed by atoms with Crippen LogP contribution in [0, 0.1) is 11.8 Å². The fourth-order valence-corrected chi connectivity index (χ4v) is 2.23. The van der Waals surface area contributed by atoms with Gasteiger partial charge in [-0.1, -0.05) is 25.7 Å². The molecule has 0 heterocycles. The van der Waals surface area contributed by atoms with Gasteiger partial charge in [0.25, 0.3) is 0 Å². The molecule has 0 aromatic heterocycles. The maximum absolute atomic E-state index is 1.93. The minimum atomic E-state index is 1.08. The molecule has 0 amide bonds. The van der Waals surface area contributed by atoms with Gasteiger partial charge in [-0.3, -0.25) is 0 Å². The molecule has 2 fully saturated rings. The Morgan fingerprint density at radius 2 is 1.50 bits per heavy atom. The fourth-order valence-electron chi connectivity index (χ4n) is 2.23. The van der Waals surface area contributed by atoms with Crippen LogP contribution in [0.2, 0.25) is 0 Å². The van der Waals surface area contributed by atoms with Crippen molar-refractivity contribution in [3.05, 3.63) is 5.92 Å². The molecule has 10 heavy (non-hydrogen) atoms. The molecule has 0 spiro atoms. The van der Waals surface area contributed by atoms with E-state index in [1.807, 2.05) is 5.92 Å². The fraction of sp³-hybridized carbons (Fsp3) is 0.900. The van der Waals surface area contributed by atoms with Crippen molar-refractivity contribution in [1.29, 1.82) is 0 Å². The van der Waals surface area contributed by atoms with Crippen LogP contribution in [0.3, 0.4) is 0 Å². The maximum Gasteiger partial charge on any atom is -0.0210 e. The molecule has 0 aliphatic heterocycles. The van der Waals surface area contributed by atoms with Crippen LogP contribution in [0.4, 0.5) is 0 Å². The molecule has 0 saturated heterocycles. The van der Waals surface area contributed by atoms with Gasteiger partial charge in [-0.05, 0) is 37.5 Å². The normalized spacial score (nSPS) is 30.0. The van der Waals surface area contributed by atoms with Gasteiger partial charge in [0.05, 0.1) is 0 Å². The molecule has 0 bridgehead atoms. The molecule has 0 unspecified atom stereocenters. The Balaban J connectivity index is 1.78. The summed E-state index contributed by atoms with van der Waals surface area (Å²) in [5.74, 6) is 3.01. The standard InChI is InChI=1S/C10H17/c1-2-5-9(6-3-1)10-7-4-8-10/h10H,1-8H2. The van der Waals surface area contributed by atoms with Crippen LogP contribution in [0.15, 0.2) is 0 Å². The lowest BCUT2D eigenvalue weighted by atomic mass is 9.70. The average Bonchev–Trinajstić information content (AvgIpc) is 1.86. The first-order chi connectivity index (χ1) is 4.97. The molecule has 2 saturated carbocycles. The molecule has 2 rings (SSSR count). The van der Waals surface area contributed by atoms with Gasteiger partial charge in [-0.25, -0.2) is 0 Å². The highest BCUT2D eigenvalue weighted by Crippen LogP contribution is 2.42. The third kappa shape index (κ3) is 1.21. The van der Waals surface area contributed by atoms with Crippen molar-refractivity contribution in [3.8, 4) is 0 Å². The summed E-state index contributed by atoms with van der Waals surface area (Å²) >= 11 is 0. The van der Waals surface area contributed by atoms with E-state index < -0.39 is 0 Å². The van der Waals surface area contributed by atoms with E-state index in [1.54, 1.807) is 0 Å². The van der Waals surface area contributed by atoms with Gasteiger partial charge in [0, 0.05) is 0 Å². The van der Waals surface area contributed by atoms with Crippen LogP contribution < -0.4 is 0 Å². The second-order valence-corrected chi connectivity index (χ2v) is 3.85. The van der Waals surface area contributed by atoms with Crippen LogP contribution in [0.5, 0.6) is 0 Å². The van der Waals surface area contributed by atoms with E-state index >= 15 is 0 Å². The molecule has 0 aromatic carbocycles. The second-order valence-electron chi connectivity index (χ2n) is 3.85. The van der Waals surface area contributed by atoms with E-state index in [0.717, 1.165) is 5.92 Å². The minimum absolute atomic E-state index is 1.08. The highest BCUT2D eigenvalue weighted by atomic mass is 14.3. The summed E-state index contributed by atoms with van der Waals surface area (Å²) in [6.45, 7) is 0. The molecule has 2 aliphatic rings. The minimum Gasteiger partial charge on any atom is -0.0533 e. The Labute approximate surface area is 64.0 Å². The zero-order valence-corrected chi connectivity index (χ0v) is 6.73. The van der Waals surface area contributed by atoms with Crippen molar-refractivity contribution in [3.63, 3.8) is 0 Å². The zero-order valence-electron chi connectivity index (χ0n) is 6.73. The molecule has 0 nitrogen and oxygen atoms in total. The quantitative estimate of drug-likeness (QED) is 0.520. The van der Waals surface area contributed by atoms with Crippen molar-refractivity contribution >= 4 is 0 Å². The number of hydrogen-bond donors (Lipinski definition) is 0. The Hall–Kier alpha value is 0. The van der Waals surface area contributed by atoms with Gasteiger partial charge in [-0.2, -0.15) is 0 Å². The highest BCUT2D eigenvalue weighted by molar-refractivity contribution is 5.01. The van der Waals surface area contributed by atoms with Gasteiger partial charge in [0.1, 0.15) is 0 Å². The predicted octanol–water partition coefficient (Wildman–Crippen LogP) is 3.33. The lowest BCUT2D eigenvalue weighted by Crippen LogP contribution is -2.21. The maximum atomic E-state index is 1.93. The van der Waals surface area contributed by atoms with Gasteiger partial charge in [-0.15, -0.1) is 0 Å². The topological polar surface area (TPSA) is 0 Å². The molecule has 0 atom stereocenters. The Morgan fingerprint density at radius 3 is 2.00 bits per heavy atom. The smallest absolute Gasteiger partial charge is 0.0210 e. The van der Waals surface area contributed by atoms with Gasteiger partial charge in [0.2, 0.25) is 0 Å². The summed E-state index contributed by atoms with van der Waals surface area (Å²) in [5, 5.41) is 0. The van der Waals surface area contributed by atoms with E-state index in [2.05, 4.69) is 0 Å². The molecule has 1 radical (unpaired) electrons. The first-order valence-electron chi connectivity index (χ1n) is 4.81. The summed E-state index contributed by atoms with van der Waals surface area (Å²) in [5.41, 5.74) is 0. The van der Waals surface area contributed by atoms with Crippen LogP contribution in [-0.2, 0) is 0 Å². The van der Waals surface area contributed by atoms with Gasteiger partial charge >= 0.3 is 0 Å². The Morgan fingerprint density at radius 1 is 0.800 bits per heavy atom. The van der Waals surface area contributed by atoms with Crippen LogP contribution in [0.25, 0.3) is 0 Å². The van der Waals surface area contributed by atoms with E-state index in [9.17, 15) is 0 Å². The predicted molar refractivity (Wildman–Crippen MR) is 43.7 cm³/mol. The van der Waals surface area contributed by atoms with Gasteiger partial charge < -0.3 is 0 Å². The lowest BCUT2D eigenvalue weighted by Gasteiger charge is -2.35. The summed E-state index contributed by atoms with van der Waals surface area (Å²) < 4.78 is 0. The molecule has 0 heteroatoms. The van der Waals surface area contributed by atoms with Crippen molar-refractivity contribution in [2.45, 2.75) is 51.4 Å². The highest BCUT2D eigenvalue weighted by Gasteiger charge is 2.28. The van der Waals surface area contributed by atoms with Crippen molar-refractivity contribution in [2.24, 2.45) is 5.92 Å². The third-order valence-corrected chi connectivity index (χ3v) is 3.18. The monoisotopic (exact) mass is 137 g/mol. The van der Waals surface area contributed by atoms with Crippen LogP contribution in [-0.4, -0.2) is 0 Å². The molecule has 57 valence electrons. The summed E-state index contributed by atoms with van der Waals surface area (Å²) in [6.07, 6.45) is 12.0. The van der Waals surface area contributed by atoms with Crippen LogP contribution in [0.1, 0.15) is 51.4 Å². The van der Waals surface area contributed by atoms with E-state index in [-0.39, 0.29) is 0 Å². The Bertz CT molecular complexity index is 96.6. The second kappa shape index (κ2) is 2.94.